The zero-order valence-corrected chi connectivity index (χ0v) is 8.06. The number of nitrogens with one attached hydrogen (secondary N) is 1. The Morgan fingerprint density at radius 2 is 2.43 bits per heavy atom. The van der Waals surface area contributed by atoms with E-state index in [2.05, 4.69) is 20.2 Å². The largest absolute Gasteiger partial charge is 0.352 e. The summed E-state index contributed by atoms with van der Waals surface area (Å²) in [6.45, 7) is 3.43. The van der Waals surface area contributed by atoms with Crippen LogP contribution in [0.25, 0.3) is 0 Å². The van der Waals surface area contributed by atoms with E-state index >= 15 is 0 Å². The Kier molecular flexibility index (Phi) is 1.87. The Hall–Kier alpha value is -1.16. The molecule has 14 heavy (non-hydrogen) atoms. The zero-order chi connectivity index (χ0) is 9.38. The lowest BCUT2D eigenvalue weighted by Gasteiger charge is -2.23. The summed E-state index contributed by atoms with van der Waals surface area (Å²) in [5.74, 6) is 1.90. The molecule has 0 aromatic carbocycles. The maximum Gasteiger partial charge on any atom is 0.132 e. The van der Waals surface area contributed by atoms with Gasteiger partial charge in [0.1, 0.15) is 12.1 Å². The van der Waals surface area contributed by atoms with Crippen molar-refractivity contribution in [2.24, 2.45) is 5.92 Å². The second-order valence-electron chi connectivity index (χ2n) is 4.04. The molecule has 3 rings (SSSR count). The van der Waals surface area contributed by atoms with Gasteiger partial charge in [-0.15, -0.1) is 0 Å². The van der Waals surface area contributed by atoms with Crippen molar-refractivity contribution >= 4 is 5.82 Å². The zero-order valence-electron chi connectivity index (χ0n) is 8.06. The van der Waals surface area contributed by atoms with Crippen LogP contribution in [0.2, 0.25) is 0 Å². The molecule has 0 amide bonds. The number of hydrogen-bond donors (Lipinski definition) is 1. The van der Waals surface area contributed by atoms with Gasteiger partial charge in [-0.25, -0.2) is 9.97 Å². The van der Waals surface area contributed by atoms with E-state index in [0.717, 1.165) is 24.8 Å². The third kappa shape index (κ3) is 1.18. The van der Waals surface area contributed by atoms with Gasteiger partial charge >= 0.3 is 0 Å². The van der Waals surface area contributed by atoms with E-state index in [9.17, 15) is 0 Å². The van der Waals surface area contributed by atoms with Gasteiger partial charge in [-0.2, -0.15) is 0 Å². The van der Waals surface area contributed by atoms with Crippen LogP contribution in [0.3, 0.4) is 0 Å². The minimum absolute atomic E-state index is 0.657. The molecule has 4 nitrogen and oxygen atoms in total. The Labute approximate surface area is 83.4 Å². The highest BCUT2D eigenvalue weighted by molar-refractivity contribution is 5.40. The molecule has 1 aromatic rings. The Bertz CT molecular complexity index is 313. The van der Waals surface area contributed by atoms with Crippen LogP contribution in [-0.4, -0.2) is 35.6 Å². The Morgan fingerprint density at radius 1 is 1.43 bits per heavy atom. The summed E-state index contributed by atoms with van der Waals surface area (Å²) in [5, 5.41) is 3.44. The summed E-state index contributed by atoms with van der Waals surface area (Å²) in [6, 6.07) is 2.66. The van der Waals surface area contributed by atoms with Crippen LogP contribution in [0.1, 0.15) is 6.42 Å². The van der Waals surface area contributed by atoms with E-state index in [-0.39, 0.29) is 0 Å². The van der Waals surface area contributed by atoms with Gasteiger partial charge in [0.2, 0.25) is 0 Å². The number of aromatic nitrogens is 2. The third-order valence-corrected chi connectivity index (χ3v) is 3.31. The molecule has 74 valence electrons. The molecule has 3 heterocycles. The topological polar surface area (TPSA) is 41.0 Å². The summed E-state index contributed by atoms with van der Waals surface area (Å²) >= 11 is 0. The molecule has 1 aromatic heterocycles. The highest BCUT2D eigenvalue weighted by Gasteiger charge is 2.37. The fourth-order valence-corrected chi connectivity index (χ4v) is 2.59. The molecular weight excluding hydrogens is 176 g/mol. The van der Waals surface area contributed by atoms with Gasteiger partial charge in [0.25, 0.3) is 0 Å². The molecule has 0 aliphatic carbocycles. The van der Waals surface area contributed by atoms with Gasteiger partial charge in [-0.1, -0.05) is 0 Å². The predicted octanol–water partition coefficient (Wildman–Crippen LogP) is 0.275. The van der Waals surface area contributed by atoms with Crippen molar-refractivity contribution in [3.05, 3.63) is 18.6 Å². The first-order valence-electron chi connectivity index (χ1n) is 5.18. The van der Waals surface area contributed by atoms with Gasteiger partial charge in [0.15, 0.2) is 0 Å². The lowest BCUT2D eigenvalue weighted by Crippen LogP contribution is -2.34. The second-order valence-corrected chi connectivity index (χ2v) is 4.04. The standard InChI is InChI=1S/C10H14N4/c1-3-11-7-13-10(1)14-4-2-8-5-12-6-9(8)14/h1,3,7-9,12H,2,4-6H2/t8-,9+/m0/s1. The van der Waals surface area contributed by atoms with E-state index < -0.39 is 0 Å². The summed E-state index contributed by atoms with van der Waals surface area (Å²) in [5.41, 5.74) is 0. The molecular formula is C10H14N4. The van der Waals surface area contributed by atoms with Crippen LogP contribution >= 0.6 is 0 Å². The quantitative estimate of drug-likeness (QED) is 0.690. The smallest absolute Gasteiger partial charge is 0.132 e. The molecule has 2 aliphatic rings. The number of anilines is 1. The van der Waals surface area contributed by atoms with Crippen LogP contribution < -0.4 is 10.2 Å². The van der Waals surface area contributed by atoms with Gasteiger partial charge in [-0.05, 0) is 18.4 Å². The fraction of sp³-hybridized carbons (Fsp3) is 0.600. The molecule has 0 unspecified atom stereocenters. The normalized spacial score (nSPS) is 30.7. The summed E-state index contributed by atoms with van der Waals surface area (Å²) in [6.07, 6.45) is 4.74. The molecule has 0 spiro atoms. The van der Waals surface area contributed by atoms with Gasteiger partial charge in [0, 0.05) is 31.9 Å². The molecule has 0 saturated carbocycles. The maximum absolute atomic E-state index is 4.31. The van der Waals surface area contributed by atoms with E-state index in [1.807, 2.05) is 12.3 Å². The molecule has 2 atom stereocenters. The van der Waals surface area contributed by atoms with Crippen molar-refractivity contribution in [1.82, 2.24) is 15.3 Å². The summed E-state index contributed by atoms with van der Waals surface area (Å²) < 4.78 is 0. The van der Waals surface area contributed by atoms with Crippen molar-refractivity contribution in [3.8, 4) is 0 Å². The third-order valence-electron chi connectivity index (χ3n) is 3.31. The Balaban J connectivity index is 1.86. The lowest BCUT2D eigenvalue weighted by molar-refractivity contribution is 0.577. The van der Waals surface area contributed by atoms with E-state index in [1.54, 1.807) is 6.33 Å². The van der Waals surface area contributed by atoms with Crippen molar-refractivity contribution in [2.75, 3.05) is 24.5 Å². The predicted molar refractivity (Wildman–Crippen MR) is 54.1 cm³/mol. The molecule has 1 N–H and O–H groups in total. The van der Waals surface area contributed by atoms with Crippen LogP contribution in [0.5, 0.6) is 0 Å². The summed E-state index contributed by atoms with van der Waals surface area (Å²) in [7, 11) is 0. The number of rotatable bonds is 1. The first kappa shape index (κ1) is 8.17. The van der Waals surface area contributed by atoms with Gasteiger partial charge in [0.05, 0.1) is 0 Å². The first-order valence-corrected chi connectivity index (χ1v) is 5.18. The van der Waals surface area contributed by atoms with Crippen LogP contribution in [0.15, 0.2) is 18.6 Å². The Morgan fingerprint density at radius 3 is 3.29 bits per heavy atom. The van der Waals surface area contributed by atoms with Crippen molar-refractivity contribution in [3.63, 3.8) is 0 Å². The van der Waals surface area contributed by atoms with Crippen LogP contribution in [0, 0.1) is 5.92 Å². The van der Waals surface area contributed by atoms with E-state index in [4.69, 9.17) is 0 Å². The SMILES string of the molecule is c1cc(N2CC[C@H]3CNC[C@H]32)ncn1. The minimum Gasteiger partial charge on any atom is -0.352 e. The van der Waals surface area contributed by atoms with Crippen molar-refractivity contribution in [1.29, 1.82) is 0 Å². The lowest BCUT2D eigenvalue weighted by atomic mass is 10.1. The van der Waals surface area contributed by atoms with Crippen molar-refractivity contribution in [2.45, 2.75) is 12.5 Å². The molecule has 4 heteroatoms. The monoisotopic (exact) mass is 190 g/mol. The van der Waals surface area contributed by atoms with E-state index in [0.29, 0.717) is 6.04 Å². The van der Waals surface area contributed by atoms with Crippen LogP contribution in [-0.2, 0) is 0 Å². The molecule has 2 fully saturated rings. The number of hydrogen-bond acceptors (Lipinski definition) is 4. The van der Waals surface area contributed by atoms with E-state index in [1.165, 1.54) is 13.0 Å². The average molecular weight is 190 g/mol. The van der Waals surface area contributed by atoms with Crippen molar-refractivity contribution < 1.29 is 0 Å². The maximum atomic E-state index is 4.31. The second kappa shape index (κ2) is 3.20. The minimum atomic E-state index is 0.657. The number of nitrogens with zero attached hydrogens (tertiary/aromatic N) is 3. The highest BCUT2D eigenvalue weighted by Crippen LogP contribution is 2.30. The average Bonchev–Trinajstić information content (AvgIpc) is 2.79. The fourth-order valence-electron chi connectivity index (χ4n) is 2.59. The van der Waals surface area contributed by atoms with Crippen LogP contribution in [0.4, 0.5) is 5.82 Å². The van der Waals surface area contributed by atoms with Gasteiger partial charge in [-0.3, -0.25) is 0 Å². The first-order chi connectivity index (χ1) is 6.95. The molecule has 0 bridgehead atoms. The molecule has 0 radical (unpaired) electrons. The molecule has 2 aliphatic heterocycles. The van der Waals surface area contributed by atoms with Gasteiger partial charge < -0.3 is 10.2 Å². The number of fused-ring (bicyclic) bond motifs is 1. The summed E-state index contributed by atoms with van der Waals surface area (Å²) in [4.78, 5) is 10.7. The highest BCUT2D eigenvalue weighted by atomic mass is 15.3. The molecule has 2 saturated heterocycles.